The molecular weight excluding hydrogens is 398 g/mol. The van der Waals surface area contributed by atoms with Gasteiger partial charge in [-0.05, 0) is 31.5 Å². The highest BCUT2D eigenvalue weighted by Crippen LogP contribution is 2.11. The summed E-state index contributed by atoms with van der Waals surface area (Å²) in [5.41, 5.74) is 1.93. The number of carbonyl (C=O) groups excluding carboxylic acids is 1. The second-order valence-corrected chi connectivity index (χ2v) is 6.95. The number of amides is 1. The van der Waals surface area contributed by atoms with Crippen LogP contribution in [0.4, 0.5) is 0 Å². The van der Waals surface area contributed by atoms with Gasteiger partial charge in [0, 0.05) is 18.6 Å². The Morgan fingerprint density at radius 1 is 1.23 bits per heavy atom. The summed E-state index contributed by atoms with van der Waals surface area (Å²) in [5, 5.41) is 6.20. The molecule has 26 heavy (non-hydrogen) atoms. The molecule has 2 N–H and O–H groups in total. The van der Waals surface area contributed by atoms with Gasteiger partial charge in [0.25, 0.3) is 0 Å². The Bertz CT molecular complexity index is 749. The Morgan fingerprint density at radius 2 is 1.92 bits per heavy atom. The maximum absolute atomic E-state index is 11.8. The molecule has 0 unspecified atom stereocenters. The number of carbonyl (C=O) groups is 1. The summed E-state index contributed by atoms with van der Waals surface area (Å²) in [5.74, 6) is 1.87. The molecule has 0 aliphatic heterocycles. The first-order valence-electron chi connectivity index (χ1n) is 8.25. The zero-order valence-electron chi connectivity index (χ0n) is 15.5. The number of aryl methyl sites for hydroxylation is 2. The minimum absolute atomic E-state index is 0.0362. The second kappa shape index (κ2) is 9.38. The summed E-state index contributed by atoms with van der Waals surface area (Å²) < 4.78 is 6.59. The molecule has 0 radical (unpaired) electrons. The fraction of sp³-hybridized carbons (Fsp3) is 0.389. The molecule has 0 aliphatic rings. The fourth-order valence-corrected chi connectivity index (χ4v) is 2.29. The van der Waals surface area contributed by atoms with Crippen LogP contribution in [0.1, 0.15) is 22.9 Å². The molecule has 0 fully saturated rings. The van der Waals surface area contributed by atoms with Crippen LogP contribution in [0.15, 0.2) is 38.1 Å². The van der Waals surface area contributed by atoms with Crippen molar-refractivity contribution in [3.05, 3.63) is 51.6 Å². The number of guanidine groups is 1. The Kier molecular flexibility index (Phi) is 7.20. The van der Waals surface area contributed by atoms with Crippen molar-refractivity contribution < 1.29 is 9.21 Å². The number of likely N-dealkylation sites (N-methyl/N-ethyl adjacent to an activating group) is 1. The first-order chi connectivity index (χ1) is 12.3. The Balaban J connectivity index is 2.02. The van der Waals surface area contributed by atoms with E-state index < -0.39 is 0 Å². The number of aliphatic imine (C=N–C) groups is 1. The van der Waals surface area contributed by atoms with Gasteiger partial charge in [-0.2, -0.15) is 0 Å². The third kappa shape index (κ3) is 6.18. The molecule has 7 nitrogen and oxygen atoms in total. The molecule has 2 rings (SSSR count). The largest absolute Gasteiger partial charge is 0.444 e. The molecule has 1 amide bonds. The fourth-order valence-electron chi connectivity index (χ4n) is 2.03. The summed E-state index contributed by atoms with van der Waals surface area (Å²) in [4.78, 5) is 22.2. The monoisotopic (exact) mass is 421 g/mol. The first-order valence-corrected chi connectivity index (χ1v) is 9.04. The van der Waals surface area contributed by atoms with E-state index in [2.05, 4.69) is 36.5 Å². The van der Waals surface area contributed by atoms with E-state index >= 15 is 0 Å². The van der Waals surface area contributed by atoms with Crippen LogP contribution < -0.4 is 10.6 Å². The van der Waals surface area contributed by atoms with Crippen LogP contribution >= 0.6 is 15.9 Å². The molecule has 140 valence electrons. The van der Waals surface area contributed by atoms with Crippen molar-refractivity contribution in [3.63, 3.8) is 0 Å². The van der Waals surface area contributed by atoms with Crippen LogP contribution in [0.25, 0.3) is 0 Å². The minimum atomic E-state index is -0.0362. The van der Waals surface area contributed by atoms with E-state index in [0.717, 1.165) is 21.5 Å². The van der Waals surface area contributed by atoms with Gasteiger partial charge in [0.2, 0.25) is 11.8 Å². The topological polar surface area (TPSA) is 82.8 Å². The number of nitrogens with one attached hydrogen (secondary N) is 2. The quantitative estimate of drug-likeness (QED) is 0.552. The average molecular weight is 422 g/mol. The van der Waals surface area contributed by atoms with Crippen LogP contribution in [-0.4, -0.2) is 42.4 Å². The number of hydrogen-bond acceptors (Lipinski definition) is 4. The lowest BCUT2D eigenvalue weighted by Gasteiger charge is -2.14. The molecule has 0 atom stereocenters. The lowest BCUT2D eigenvalue weighted by molar-refractivity contribution is -0.127. The lowest BCUT2D eigenvalue weighted by Crippen LogP contribution is -2.42. The molecule has 2 aromatic rings. The normalized spacial score (nSPS) is 11.3. The number of rotatable bonds is 6. The average Bonchev–Trinajstić information content (AvgIpc) is 2.93. The minimum Gasteiger partial charge on any atom is -0.444 e. The Labute approximate surface area is 162 Å². The van der Waals surface area contributed by atoms with Crippen molar-refractivity contribution in [1.29, 1.82) is 0 Å². The van der Waals surface area contributed by atoms with Crippen molar-refractivity contribution in [1.82, 2.24) is 20.5 Å². The maximum Gasteiger partial charge on any atom is 0.241 e. The van der Waals surface area contributed by atoms with Gasteiger partial charge in [-0.1, -0.05) is 28.1 Å². The summed E-state index contributed by atoms with van der Waals surface area (Å²) in [6.45, 7) is 4.81. The van der Waals surface area contributed by atoms with E-state index in [0.29, 0.717) is 24.9 Å². The molecular formula is C18H24BrN5O2. The first kappa shape index (κ1) is 20.0. The van der Waals surface area contributed by atoms with Gasteiger partial charge in [0.1, 0.15) is 5.76 Å². The van der Waals surface area contributed by atoms with Gasteiger partial charge in [0.05, 0.1) is 25.3 Å². The summed E-state index contributed by atoms with van der Waals surface area (Å²) in [6, 6.07) is 7.94. The van der Waals surface area contributed by atoms with Crippen molar-refractivity contribution in [2.24, 2.45) is 4.99 Å². The third-order valence-corrected chi connectivity index (χ3v) is 4.25. The number of benzene rings is 1. The van der Waals surface area contributed by atoms with Crippen molar-refractivity contribution in [2.75, 3.05) is 20.6 Å². The molecule has 0 spiro atoms. The summed E-state index contributed by atoms with van der Waals surface area (Å²) >= 11 is 3.42. The standard InChI is InChI=1S/C18H24BrN5O2/c1-12-13(2)26-16(23-12)10-21-18(22-11-17(25)24(3)4)20-9-14-5-7-15(19)8-6-14/h5-8H,9-11H2,1-4H3,(H2,20,21,22). The molecule has 8 heteroatoms. The van der Waals surface area contributed by atoms with E-state index in [4.69, 9.17) is 4.42 Å². The Morgan fingerprint density at radius 3 is 2.50 bits per heavy atom. The van der Waals surface area contributed by atoms with E-state index in [9.17, 15) is 4.79 Å². The van der Waals surface area contributed by atoms with Gasteiger partial charge in [-0.15, -0.1) is 0 Å². The zero-order valence-corrected chi connectivity index (χ0v) is 17.1. The van der Waals surface area contributed by atoms with E-state index in [-0.39, 0.29) is 12.5 Å². The van der Waals surface area contributed by atoms with E-state index in [1.165, 1.54) is 4.90 Å². The Hall–Kier alpha value is -2.35. The molecule has 1 heterocycles. The van der Waals surface area contributed by atoms with Crippen LogP contribution in [0.5, 0.6) is 0 Å². The highest BCUT2D eigenvalue weighted by Gasteiger charge is 2.09. The number of oxazole rings is 1. The van der Waals surface area contributed by atoms with Crippen LogP contribution in [-0.2, 0) is 17.9 Å². The number of aromatic nitrogens is 1. The molecule has 0 bridgehead atoms. The molecule has 0 saturated carbocycles. The SMILES string of the molecule is Cc1nc(CNC(=NCc2ccc(Br)cc2)NCC(=O)N(C)C)oc1C. The highest BCUT2D eigenvalue weighted by atomic mass is 79.9. The number of nitrogens with zero attached hydrogens (tertiary/aromatic N) is 3. The maximum atomic E-state index is 11.8. The second-order valence-electron chi connectivity index (χ2n) is 6.04. The molecule has 1 aromatic heterocycles. The van der Waals surface area contributed by atoms with Gasteiger partial charge >= 0.3 is 0 Å². The smallest absolute Gasteiger partial charge is 0.241 e. The molecule has 1 aromatic carbocycles. The predicted molar refractivity (Wildman–Crippen MR) is 105 cm³/mol. The van der Waals surface area contributed by atoms with E-state index in [1.807, 2.05) is 38.1 Å². The highest BCUT2D eigenvalue weighted by molar-refractivity contribution is 9.10. The van der Waals surface area contributed by atoms with Crippen molar-refractivity contribution >= 4 is 27.8 Å². The number of hydrogen-bond donors (Lipinski definition) is 2. The van der Waals surface area contributed by atoms with Crippen molar-refractivity contribution in [3.8, 4) is 0 Å². The van der Waals surface area contributed by atoms with Crippen LogP contribution in [0.2, 0.25) is 0 Å². The van der Waals surface area contributed by atoms with Crippen molar-refractivity contribution in [2.45, 2.75) is 26.9 Å². The predicted octanol–water partition coefficient (Wildman–Crippen LogP) is 2.38. The molecule has 0 saturated heterocycles. The third-order valence-electron chi connectivity index (χ3n) is 3.72. The van der Waals surface area contributed by atoms with Gasteiger partial charge in [-0.3, -0.25) is 4.79 Å². The zero-order chi connectivity index (χ0) is 19.1. The van der Waals surface area contributed by atoms with Gasteiger partial charge in [0.15, 0.2) is 5.96 Å². The van der Waals surface area contributed by atoms with Crippen LogP contribution in [0.3, 0.4) is 0 Å². The van der Waals surface area contributed by atoms with Gasteiger partial charge < -0.3 is 20.0 Å². The van der Waals surface area contributed by atoms with Gasteiger partial charge in [-0.25, -0.2) is 9.98 Å². The van der Waals surface area contributed by atoms with Crippen LogP contribution in [0, 0.1) is 13.8 Å². The van der Waals surface area contributed by atoms with E-state index in [1.54, 1.807) is 14.1 Å². The molecule has 0 aliphatic carbocycles. The summed E-state index contributed by atoms with van der Waals surface area (Å²) in [7, 11) is 3.43. The summed E-state index contributed by atoms with van der Waals surface area (Å²) in [6.07, 6.45) is 0. The lowest BCUT2D eigenvalue weighted by atomic mass is 10.2. The number of halogens is 1.